The Kier molecular flexibility index (Phi) is 4.74. The first kappa shape index (κ1) is 11.6. The van der Waals surface area contributed by atoms with E-state index in [4.69, 9.17) is 0 Å². The molecular formula is C11H17N3O. The van der Waals surface area contributed by atoms with Crippen molar-refractivity contribution in [1.29, 1.82) is 0 Å². The van der Waals surface area contributed by atoms with Crippen LogP contribution in [0.5, 0.6) is 0 Å². The van der Waals surface area contributed by atoms with E-state index in [2.05, 4.69) is 29.1 Å². The molecule has 1 heterocycles. The lowest BCUT2D eigenvalue weighted by molar-refractivity contribution is 0.0947. The van der Waals surface area contributed by atoms with Crippen molar-refractivity contribution >= 4 is 5.91 Å². The van der Waals surface area contributed by atoms with E-state index in [9.17, 15) is 4.79 Å². The number of rotatable bonds is 5. The van der Waals surface area contributed by atoms with Crippen LogP contribution in [0.3, 0.4) is 0 Å². The normalized spacial score (nSPS) is 10.3. The Balaban J connectivity index is 2.25. The van der Waals surface area contributed by atoms with Crippen LogP contribution in [0, 0.1) is 5.92 Å². The Morgan fingerprint density at radius 1 is 1.47 bits per heavy atom. The quantitative estimate of drug-likeness (QED) is 0.747. The molecule has 0 bridgehead atoms. The monoisotopic (exact) mass is 207 g/mol. The molecule has 1 aromatic heterocycles. The molecule has 0 saturated carbocycles. The van der Waals surface area contributed by atoms with Crippen LogP contribution in [-0.2, 0) is 0 Å². The molecular weight excluding hydrogens is 190 g/mol. The van der Waals surface area contributed by atoms with Crippen molar-refractivity contribution in [1.82, 2.24) is 15.3 Å². The van der Waals surface area contributed by atoms with Crippen LogP contribution in [0.2, 0.25) is 0 Å². The zero-order valence-corrected chi connectivity index (χ0v) is 9.23. The van der Waals surface area contributed by atoms with Gasteiger partial charge < -0.3 is 5.32 Å². The van der Waals surface area contributed by atoms with E-state index < -0.39 is 0 Å². The van der Waals surface area contributed by atoms with Crippen molar-refractivity contribution < 1.29 is 4.79 Å². The third kappa shape index (κ3) is 4.54. The third-order valence-electron chi connectivity index (χ3n) is 2.04. The molecule has 0 unspecified atom stereocenters. The van der Waals surface area contributed by atoms with Crippen molar-refractivity contribution in [3.8, 4) is 0 Å². The molecule has 0 fully saturated rings. The Labute approximate surface area is 90.1 Å². The van der Waals surface area contributed by atoms with Crippen molar-refractivity contribution in [3.63, 3.8) is 0 Å². The van der Waals surface area contributed by atoms with Gasteiger partial charge in [0.05, 0.1) is 6.20 Å². The van der Waals surface area contributed by atoms with Gasteiger partial charge in [-0.15, -0.1) is 0 Å². The fourth-order valence-electron chi connectivity index (χ4n) is 1.22. The SMILES string of the molecule is CC(C)CCCNC(=O)c1cnccn1. The van der Waals surface area contributed by atoms with Gasteiger partial charge in [0.25, 0.3) is 5.91 Å². The number of hydrogen-bond donors (Lipinski definition) is 1. The van der Waals surface area contributed by atoms with Gasteiger partial charge in [-0.2, -0.15) is 0 Å². The highest BCUT2D eigenvalue weighted by molar-refractivity contribution is 5.91. The molecule has 82 valence electrons. The molecule has 1 N–H and O–H groups in total. The highest BCUT2D eigenvalue weighted by atomic mass is 16.1. The zero-order valence-electron chi connectivity index (χ0n) is 9.23. The van der Waals surface area contributed by atoms with E-state index in [-0.39, 0.29) is 5.91 Å². The maximum absolute atomic E-state index is 11.5. The number of nitrogens with one attached hydrogen (secondary N) is 1. The minimum atomic E-state index is -0.146. The average Bonchev–Trinajstić information content (AvgIpc) is 2.25. The molecule has 1 amide bonds. The lowest BCUT2D eigenvalue weighted by Crippen LogP contribution is -2.25. The third-order valence-corrected chi connectivity index (χ3v) is 2.04. The minimum absolute atomic E-state index is 0.146. The molecule has 0 spiro atoms. The topological polar surface area (TPSA) is 54.9 Å². The van der Waals surface area contributed by atoms with Crippen LogP contribution in [0.15, 0.2) is 18.6 Å². The van der Waals surface area contributed by atoms with Crippen molar-refractivity contribution in [2.24, 2.45) is 5.92 Å². The van der Waals surface area contributed by atoms with Crippen LogP contribution >= 0.6 is 0 Å². The highest BCUT2D eigenvalue weighted by Crippen LogP contribution is 2.01. The molecule has 1 rings (SSSR count). The zero-order chi connectivity index (χ0) is 11.1. The van der Waals surface area contributed by atoms with Gasteiger partial charge in [0, 0.05) is 18.9 Å². The minimum Gasteiger partial charge on any atom is -0.351 e. The van der Waals surface area contributed by atoms with Gasteiger partial charge in [-0.3, -0.25) is 9.78 Å². The molecule has 0 aromatic carbocycles. The fraction of sp³-hybridized carbons (Fsp3) is 0.545. The van der Waals surface area contributed by atoms with Crippen LogP contribution in [0.4, 0.5) is 0 Å². The standard InChI is InChI=1S/C11H17N3O/c1-9(2)4-3-5-14-11(15)10-8-12-6-7-13-10/h6-9H,3-5H2,1-2H3,(H,14,15). The first-order valence-corrected chi connectivity index (χ1v) is 5.24. The summed E-state index contributed by atoms with van der Waals surface area (Å²) in [6, 6.07) is 0. The van der Waals surface area contributed by atoms with E-state index >= 15 is 0 Å². The Morgan fingerprint density at radius 3 is 2.87 bits per heavy atom. The summed E-state index contributed by atoms with van der Waals surface area (Å²) in [4.78, 5) is 19.2. The summed E-state index contributed by atoms with van der Waals surface area (Å²) in [6.07, 6.45) is 6.67. The van der Waals surface area contributed by atoms with Gasteiger partial charge in [-0.25, -0.2) is 4.98 Å². The molecule has 4 nitrogen and oxygen atoms in total. The van der Waals surface area contributed by atoms with Gasteiger partial charge in [0.2, 0.25) is 0 Å². The first-order chi connectivity index (χ1) is 7.20. The second-order valence-corrected chi connectivity index (χ2v) is 3.88. The van der Waals surface area contributed by atoms with Crippen LogP contribution in [-0.4, -0.2) is 22.4 Å². The Morgan fingerprint density at radius 2 is 2.27 bits per heavy atom. The maximum atomic E-state index is 11.5. The maximum Gasteiger partial charge on any atom is 0.271 e. The predicted molar refractivity (Wildman–Crippen MR) is 58.4 cm³/mol. The highest BCUT2D eigenvalue weighted by Gasteiger charge is 2.05. The van der Waals surface area contributed by atoms with Crippen LogP contribution in [0.25, 0.3) is 0 Å². The van der Waals surface area contributed by atoms with Crippen LogP contribution < -0.4 is 5.32 Å². The largest absolute Gasteiger partial charge is 0.351 e. The number of aromatic nitrogens is 2. The van der Waals surface area contributed by atoms with Crippen LogP contribution in [0.1, 0.15) is 37.2 Å². The van der Waals surface area contributed by atoms with Crippen molar-refractivity contribution in [2.45, 2.75) is 26.7 Å². The lowest BCUT2D eigenvalue weighted by atomic mass is 10.1. The molecule has 0 aliphatic rings. The van der Waals surface area contributed by atoms with E-state index in [1.54, 1.807) is 6.20 Å². The van der Waals surface area contributed by atoms with E-state index in [1.165, 1.54) is 12.4 Å². The Bertz CT molecular complexity index is 298. The van der Waals surface area contributed by atoms with Gasteiger partial charge in [-0.05, 0) is 18.8 Å². The molecule has 0 aliphatic heterocycles. The molecule has 1 aromatic rings. The summed E-state index contributed by atoms with van der Waals surface area (Å²) >= 11 is 0. The number of hydrogen-bond acceptors (Lipinski definition) is 3. The summed E-state index contributed by atoms with van der Waals surface area (Å²) in [5.74, 6) is 0.533. The number of amides is 1. The van der Waals surface area contributed by atoms with E-state index in [0.29, 0.717) is 18.2 Å². The smallest absolute Gasteiger partial charge is 0.271 e. The number of carbonyl (C=O) groups excluding carboxylic acids is 1. The second-order valence-electron chi connectivity index (χ2n) is 3.88. The van der Waals surface area contributed by atoms with Gasteiger partial charge in [0.15, 0.2) is 0 Å². The fourth-order valence-corrected chi connectivity index (χ4v) is 1.22. The van der Waals surface area contributed by atoms with Gasteiger partial charge in [-0.1, -0.05) is 13.8 Å². The predicted octanol–water partition coefficient (Wildman–Crippen LogP) is 1.64. The summed E-state index contributed by atoms with van der Waals surface area (Å²) in [6.45, 7) is 5.04. The molecule has 0 saturated heterocycles. The lowest BCUT2D eigenvalue weighted by Gasteiger charge is -2.05. The van der Waals surface area contributed by atoms with E-state index in [1.807, 2.05) is 0 Å². The summed E-state index contributed by atoms with van der Waals surface area (Å²) < 4.78 is 0. The molecule has 4 heteroatoms. The van der Waals surface area contributed by atoms with E-state index in [0.717, 1.165) is 12.8 Å². The first-order valence-electron chi connectivity index (χ1n) is 5.24. The Hall–Kier alpha value is -1.45. The molecule has 0 atom stereocenters. The molecule has 0 aliphatic carbocycles. The summed E-state index contributed by atoms with van der Waals surface area (Å²) in [5, 5.41) is 2.81. The van der Waals surface area contributed by atoms with Gasteiger partial charge >= 0.3 is 0 Å². The number of nitrogens with zero attached hydrogens (tertiary/aromatic N) is 2. The van der Waals surface area contributed by atoms with Gasteiger partial charge in [0.1, 0.15) is 5.69 Å². The second kappa shape index (κ2) is 6.11. The average molecular weight is 207 g/mol. The molecule has 15 heavy (non-hydrogen) atoms. The summed E-state index contributed by atoms with van der Waals surface area (Å²) in [5.41, 5.74) is 0.377. The summed E-state index contributed by atoms with van der Waals surface area (Å²) in [7, 11) is 0. The molecule has 0 radical (unpaired) electrons. The van der Waals surface area contributed by atoms with Crippen molar-refractivity contribution in [2.75, 3.05) is 6.54 Å². The van der Waals surface area contributed by atoms with Crippen molar-refractivity contribution in [3.05, 3.63) is 24.3 Å². The number of carbonyl (C=O) groups is 1.